The van der Waals surface area contributed by atoms with Crippen LogP contribution in [0.4, 0.5) is 4.39 Å². The van der Waals surface area contributed by atoms with Crippen LogP contribution in [-0.2, 0) is 11.8 Å². The Bertz CT molecular complexity index is 518. The monoisotopic (exact) mass is 225 g/mol. The molecule has 0 spiro atoms. The number of ether oxygens (including phenoxy) is 1. The molecule has 0 atom stereocenters. The first-order valence-electron chi connectivity index (χ1n) is 4.35. The predicted molar refractivity (Wildman–Crippen MR) is 50.0 cm³/mol. The van der Waals surface area contributed by atoms with E-state index in [9.17, 15) is 9.18 Å². The highest BCUT2D eigenvalue weighted by Gasteiger charge is 2.25. The summed E-state index contributed by atoms with van der Waals surface area (Å²) in [6.45, 7) is 0. The SMILES string of the molecule is COC(=O)c1c(F)c(-c2ncco2)nn1C. The van der Waals surface area contributed by atoms with Crippen molar-refractivity contribution in [3.63, 3.8) is 0 Å². The highest BCUT2D eigenvalue weighted by molar-refractivity contribution is 5.89. The van der Waals surface area contributed by atoms with Gasteiger partial charge in [-0.15, -0.1) is 0 Å². The number of hydrogen-bond acceptors (Lipinski definition) is 5. The number of methoxy groups -OCH3 is 1. The summed E-state index contributed by atoms with van der Waals surface area (Å²) in [7, 11) is 2.60. The number of rotatable bonds is 2. The molecule has 2 rings (SSSR count). The van der Waals surface area contributed by atoms with E-state index in [1.807, 2.05) is 0 Å². The second-order valence-electron chi connectivity index (χ2n) is 2.96. The molecule has 0 aliphatic rings. The molecule has 0 saturated carbocycles. The summed E-state index contributed by atoms with van der Waals surface area (Å²) >= 11 is 0. The summed E-state index contributed by atoms with van der Waals surface area (Å²) in [6, 6.07) is 0. The van der Waals surface area contributed by atoms with E-state index in [2.05, 4.69) is 14.8 Å². The maximum atomic E-state index is 13.8. The van der Waals surface area contributed by atoms with E-state index in [1.54, 1.807) is 0 Å². The minimum Gasteiger partial charge on any atom is -0.464 e. The number of halogens is 1. The minimum absolute atomic E-state index is 0.0169. The molecule has 0 aromatic carbocycles. The van der Waals surface area contributed by atoms with Gasteiger partial charge in [0.25, 0.3) is 0 Å². The molecule has 0 N–H and O–H groups in total. The maximum absolute atomic E-state index is 13.8. The van der Waals surface area contributed by atoms with Gasteiger partial charge in [-0.2, -0.15) is 5.10 Å². The van der Waals surface area contributed by atoms with Crippen molar-refractivity contribution in [2.24, 2.45) is 7.05 Å². The van der Waals surface area contributed by atoms with Crippen molar-refractivity contribution < 1.29 is 18.3 Å². The quantitative estimate of drug-likeness (QED) is 0.713. The number of esters is 1. The first-order valence-corrected chi connectivity index (χ1v) is 4.35. The molecule has 0 aliphatic heterocycles. The molecule has 0 radical (unpaired) electrons. The molecule has 0 saturated heterocycles. The fourth-order valence-electron chi connectivity index (χ4n) is 1.29. The van der Waals surface area contributed by atoms with Gasteiger partial charge in [-0.3, -0.25) is 4.68 Å². The second-order valence-corrected chi connectivity index (χ2v) is 2.96. The van der Waals surface area contributed by atoms with Crippen LogP contribution in [0.15, 0.2) is 16.9 Å². The molecule has 84 valence electrons. The Morgan fingerprint density at radius 3 is 2.94 bits per heavy atom. The number of hydrogen-bond donors (Lipinski definition) is 0. The zero-order valence-electron chi connectivity index (χ0n) is 8.60. The van der Waals surface area contributed by atoms with E-state index < -0.39 is 11.8 Å². The highest BCUT2D eigenvalue weighted by Crippen LogP contribution is 2.22. The van der Waals surface area contributed by atoms with E-state index in [4.69, 9.17) is 4.42 Å². The molecule has 2 heterocycles. The average molecular weight is 225 g/mol. The number of aryl methyl sites for hydroxylation is 1. The van der Waals surface area contributed by atoms with Gasteiger partial charge in [0, 0.05) is 7.05 Å². The molecule has 16 heavy (non-hydrogen) atoms. The van der Waals surface area contributed by atoms with E-state index in [0.717, 1.165) is 4.68 Å². The van der Waals surface area contributed by atoms with Gasteiger partial charge in [-0.1, -0.05) is 0 Å². The van der Waals surface area contributed by atoms with Crippen molar-refractivity contribution in [2.45, 2.75) is 0 Å². The van der Waals surface area contributed by atoms with Crippen molar-refractivity contribution in [1.29, 1.82) is 0 Å². The summed E-state index contributed by atoms with van der Waals surface area (Å²) in [5.41, 5.74) is -0.386. The van der Waals surface area contributed by atoms with Gasteiger partial charge in [0.2, 0.25) is 5.89 Å². The van der Waals surface area contributed by atoms with Gasteiger partial charge in [0.15, 0.2) is 17.2 Å². The Morgan fingerprint density at radius 1 is 1.62 bits per heavy atom. The standard InChI is InChI=1S/C9H8FN3O3/c1-13-7(9(14)15-2)5(10)6(12-13)8-11-3-4-16-8/h3-4H,1-2H3. The molecular formula is C9H8FN3O3. The van der Waals surface area contributed by atoms with Crippen molar-refractivity contribution in [2.75, 3.05) is 7.11 Å². The Balaban J connectivity index is 2.55. The largest absolute Gasteiger partial charge is 0.464 e. The number of oxazole rings is 1. The van der Waals surface area contributed by atoms with Crippen LogP contribution in [-0.4, -0.2) is 27.8 Å². The molecule has 0 unspecified atom stereocenters. The summed E-state index contributed by atoms with van der Waals surface area (Å²) in [5, 5.41) is 3.81. The van der Waals surface area contributed by atoms with Crippen LogP contribution in [0.25, 0.3) is 11.6 Å². The normalized spacial score (nSPS) is 10.4. The first-order chi connectivity index (χ1) is 7.65. The molecule has 6 nitrogen and oxygen atoms in total. The second kappa shape index (κ2) is 3.76. The smallest absolute Gasteiger partial charge is 0.359 e. The van der Waals surface area contributed by atoms with Gasteiger partial charge in [0.05, 0.1) is 13.3 Å². The Hall–Kier alpha value is -2.18. The lowest BCUT2D eigenvalue weighted by molar-refractivity contribution is 0.0583. The van der Waals surface area contributed by atoms with Crippen LogP contribution in [0.5, 0.6) is 0 Å². The van der Waals surface area contributed by atoms with Crippen LogP contribution < -0.4 is 0 Å². The van der Waals surface area contributed by atoms with Crippen LogP contribution in [0.2, 0.25) is 0 Å². The van der Waals surface area contributed by atoms with Crippen LogP contribution in [0.1, 0.15) is 10.5 Å². The van der Waals surface area contributed by atoms with E-state index in [1.165, 1.54) is 26.6 Å². The van der Waals surface area contributed by atoms with Crippen LogP contribution >= 0.6 is 0 Å². The fraction of sp³-hybridized carbons (Fsp3) is 0.222. The zero-order chi connectivity index (χ0) is 11.7. The van der Waals surface area contributed by atoms with E-state index in [0.29, 0.717) is 0 Å². The Labute approximate surface area is 89.6 Å². The predicted octanol–water partition coefficient (Wildman–Crippen LogP) is 1.00. The zero-order valence-corrected chi connectivity index (χ0v) is 8.60. The van der Waals surface area contributed by atoms with Gasteiger partial charge in [-0.05, 0) is 0 Å². The molecule has 2 aromatic rings. The van der Waals surface area contributed by atoms with Crippen molar-refractivity contribution in [3.05, 3.63) is 24.0 Å². The van der Waals surface area contributed by atoms with Crippen molar-refractivity contribution in [3.8, 4) is 11.6 Å². The number of nitrogens with zero attached hydrogens (tertiary/aromatic N) is 3. The molecule has 0 fully saturated rings. The minimum atomic E-state index is -0.809. The third-order valence-electron chi connectivity index (χ3n) is 2.00. The summed E-state index contributed by atoms with van der Waals surface area (Å²) in [5.74, 6) is -1.59. The molecular weight excluding hydrogens is 217 g/mol. The molecule has 0 amide bonds. The first kappa shape index (κ1) is 10.3. The van der Waals surface area contributed by atoms with Crippen LogP contribution in [0.3, 0.4) is 0 Å². The highest BCUT2D eigenvalue weighted by atomic mass is 19.1. The van der Waals surface area contributed by atoms with Crippen LogP contribution in [0, 0.1) is 5.82 Å². The van der Waals surface area contributed by atoms with Crippen molar-refractivity contribution >= 4 is 5.97 Å². The summed E-state index contributed by atoms with van der Waals surface area (Å²) < 4.78 is 24.2. The third kappa shape index (κ3) is 1.46. The summed E-state index contributed by atoms with van der Waals surface area (Å²) in [4.78, 5) is 15.0. The lowest BCUT2D eigenvalue weighted by Gasteiger charge is -1.97. The molecule has 7 heteroatoms. The molecule has 2 aromatic heterocycles. The van der Waals surface area contributed by atoms with E-state index >= 15 is 0 Å². The van der Waals surface area contributed by atoms with Gasteiger partial charge in [-0.25, -0.2) is 14.2 Å². The van der Waals surface area contributed by atoms with Crippen molar-refractivity contribution in [1.82, 2.24) is 14.8 Å². The van der Waals surface area contributed by atoms with Gasteiger partial charge < -0.3 is 9.15 Å². The average Bonchev–Trinajstić information content (AvgIpc) is 2.86. The maximum Gasteiger partial charge on any atom is 0.359 e. The number of carbonyl (C=O) groups excluding carboxylic acids is 1. The Kier molecular flexibility index (Phi) is 2.43. The topological polar surface area (TPSA) is 70.2 Å². The summed E-state index contributed by atoms with van der Waals surface area (Å²) in [6.07, 6.45) is 2.66. The van der Waals surface area contributed by atoms with Gasteiger partial charge in [0.1, 0.15) is 6.26 Å². The molecule has 0 aliphatic carbocycles. The lowest BCUT2D eigenvalue weighted by atomic mass is 10.3. The third-order valence-corrected chi connectivity index (χ3v) is 2.00. The van der Waals surface area contributed by atoms with Gasteiger partial charge >= 0.3 is 5.97 Å². The number of aromatic nitrogens is 3. The number of carbonyl (C=O) groups is 1. The fourth-order valence-corrected chi connectivity index (χ4v) is 1.29. The van der Waals surface area contributed by atoms with E-state index in [-0.39, 0.29) is 17.3 Å². The lowest BCUT2D eigenvalue weighted by Crippen LogP contribution is -2.09. The Morgan fingerprint density at radius 2 is 2.38 bits per heavy atom. The molecule has 0 bridgehead atoms.